The molecular formula is C11H13ClN4O. The first-order valence-corrected chi connectivity index (χ1v) is 6.26. The standard InChI is InChI=1S/C11H13ClN4O/c12-9-8-10(14-6-13-9)16(11(17)15-8)7-4-2-1-3-5-7/h6-7H,1-5H2,(H,15,17). The average molecular weight is 253 g/mol. The van der Waals surface area contributed by atoms with E-state index in [0.717, 1.165) is 12.8 Å². The summed E-state index contributed by atoms with van der Waals surface area (Å²) in [6.07, 6.45) is 7.06. The molecule has 0 radical (unpaired) electrons. The van der Waals surface area contributed by atoms with Crippen LogP contribution >= 0.6 is 11.6 Å². The van der Waals surface area contributed by atoms with Crippen molar-refractivity contribution in [3.63, 3.8) is 0 Å². The lowest BCUT2D eigenvalue weighted by molar-refractivity contribution is 0.352. The molecule has 1 N–H and O–H groups in total. The van der Waals surface area contributed by atoms with Crippen LogP contribution in [0, 0.1) is 0 Å². The molecule has 0 aromatic carbocycles. The fourth-order valence-electron chi connectivity index (χ4n) is 2.59. The van der Waals surface area contributed by atoms with Crippen molar-refractivity contribution in [2.75, 3.05) is 0 Å². The molecule has 0 aliphatic heterocycles. The Morgan fingerprint density at radius 1 is 1.29 bits per heavy atom. The molecule has 0 unspecified atom stereocenters. The summed E-state index contributed by atoms with van der Waals surface area (Å²) in [7, 11) is 0. The fourth-order valence-corrected chi connectivity index (χ4v) is 2.76. The van der Waals surface area contributed by atoms with E-state index in [2.05, 4.69) is 15.0 Å². The Kier molecular flexibility index (Phi) is 2.63. The lowest BCUT2D eigenvalue weighted by Crippen LogP contribution is -2.24. The third kappa shape index (κ3) is 1.74. The van der Waals surface area contributed by atoms with E-state index < -0.39 is 0 Å². The topological polar surface area (TPSA) is 63.6 Å². The van der Waals surface area contributed by atoms with Gasteiger partial charge in [-0.25, -0.2) is 14.8 Å². The molecule has 0 saturated heterocycles. The van der Waals surface area contributed by atoms with Crippen molar-refractivity contribution in [3.8, 4) is 0 Å². The van der Waals surface area contributed by atoms with Crippen molar-refractivity contribution in [1.82, 2.24) is 19.5 Å². The van der Waals surface area contributed by atoms with Crippen LogP contribution in [0.5, 0.6) is 0 Å². The molecule has 5 nitrogen and oxygen atoms in total. The molecule has 1 saturated carbocycles. The Balaban J connectivity index is 2.18. The van der Waals surface area contributed by atoms with Gasteiger partial charge in [-0.15, -0.1) is 0 Å². The van der Waals surface area contributed by atoms with E-state index in [1.54, 1.807) is 4.57 Å². The van der Waals surface area contributed by atoms with E-state index in [4.69, 9.17) is 11.6 Å². The van der Waals surface area contributed by atoms with Crippen LogP contribution in [0.3, 0.4) is 0 Å². The van der Waals surface area contributed by atoms with E-state index in [1.165, 1.54) is 25.6 Å². The smallest absolute Gasteiger partial charge is 0.302 e. The molecule has 0 bridgehead atoms. The van der Waals surface area contributed by atoms with Crippen molar-refractivity contribution >= 4 is 22.8 Å². The molecule has 1 aliphatic rings. The lowest BCUT2D eigenvalue weighted by atomic mass is 9.95. The van der Waals surface area contributed by atoms with Gasteiger partial charge in [0.15, 0.2) is 10.8 Å². The Bertz CT molecular complexity index is 597. The minimum atomic E-state index is -0.130. The number of rotatable bonds is 1. The van der Waals surface area contributed by atoms with Crippen LogP contribution in [0.2, 0.25) is 5.15 Å². The predicted molar refractivity (Wildman–Crippen MR) is 65.3 cm³/mol. The molecule has 2 heterocycles. The second kappa shape index (κ2) is 4.14. The third-order valence-electron chi connectivity index (χ3n) is 3.40. The number of imidazole rings is 1. The van der Waals surface area contributed by atoms with E-state index in [9.17, 15) is 4.79 Å². The van der Waals surface area contributed by atoms with Crippen LogP contribution in [0.25, 0.3) is 11.2 Å². The number of hydrogen-bond acceptors (Lipinski definition) is 3. The predicted octanol–water partition coefficient (Wildman–Crippen LogP) is 2.28. The van der Waals surface area contributed by atoms with Crippen LogP contribution in [0.1, 0.15) is 38.1 Å². The minimum Gasteiger partial charge on any atom is -0.302 e. The van der Waals surface area contributed by atoms with Gasteiger partial charge in [0.25, 0.3) is 0 Å². The number of fused-ring (bicyclic) bond motifs is 1. The summed E-state index contributed by atoms with van der Waals surface area (Å²) in [6.45, 7) is 0. The van der Waals surface area contributed by atoms with Crippen molar-refractivity contribution in [2.24, 2.45) is 0 Å². The molecule has 17 heavy (non-hydrogen) atoms. The Morgan fingerprint density at radius 3 is 2.82 bits per heavy atom. The van der Waals surface area contributed by atoms with Crippen molar-refractivity contribution in [3.05, 3.63) is 22.0 Å². The maximum atomic E-state index is 12.0. The largest absolute Gasteiger partial charge is 0.328 e. The van der Waals surface area contributed by atoms with E-state index in [0.29, 0.717) is 16.3 Å². The Morgan fingerprint density at radius 2 is 2.06 bits per heavy atom. The van der Waals surface area contributed by atoms with Crippen molar-refractivity contribution < 1.29 is 0 Å². The summed E-state index contributed by atoms with van der Waals surface area (Å²) in [5.74, 6) is 0. The Hall–Kier alpha value is -1.36. The summed E-state index contributed by atoms with van der Waals surface area (Å²) in [5.41, 5.74) is 1.04. The van der Waals surface area contributed by atoms with Crippen LogP contribution in [0.15, 0.2) is 11.1 Å². The summed E-state index contributed by atoms with van der Waals surface area (Å²) < 4.78 is 1.74. The van der Waals surface area contributed by atoms with Crippen molar-refractivity contribution in [2.45, 2.75) is 38.1 Å². The van der Waals surface area contributed by atoms with Gasteiger partial charge in [0.05, 0.1) is 0 Å². The number of halogens is 1. The summed E-state index contributed by atoms with van der Waals surface area (Å²) in [5, 5.41) is 0.307. The van der Waals surface area contributed by atoms with Gasteiger partial charge in [-0.05, 0) is 12.8 Å². The SMILES string of the molecule is O=c1[nH]c2c(Cl)ncnc2n1C1CCCCC1. The highest BCUT2D eigenvalue weighted by Gasteiger charge is 2.21. The highest BCUT2D eigenvalue weighted by atomic mass is 35.5. The molecule has 0 atom stereocenters. The molecule has 6 heteroatoms. The second-order valence-electron chi connectivity index (χ2n) is 4.46. The number of hydrogen-bond donors (Lipinski definition) is 1. The average Bonchev–Trinajstić information content (AvgIpc) is 2.68. The van der Waals surface area contributed by atoms with Crippen LogP contribution in [-0.2, 0) is 0 Å². The zero-order chi connectivity index (χ0) is 11.8. The molecule has 2 aromatic rings. The molecule has 0 amide bonds. The first-order chi connectivity index (χ1) is 8.27. The van der Waals surface area contributed by atoms with Gasteiger partial charge in [0.2, 0.25) is 0 Å². The second-order valence-corrected chi connectivity index (χ2v) is 4.81. The van der Waals surface area contributed by atoms with Gasteiger partial charge >= 0.3 is 5.69 Å². The van der Waals surface area contributed by atoms with Crippen LogP contribution < -0.4 is 5.69 Å². The number of aromatic amines is 1. The zero-order valence-corrected chi connectivity index (χ0v) is 10.1. The summed E-state index contributed by atoms with van der Waals surface area (Å²) in [6, 6.07) is 0.246. The van der Waals surface area contributed by atoms with Crippen molar-refractivity contribution in [1.29, 1.82) is 0 Å². The summed E-state index contributed by atoms with van der Waals surface area (Å²) >= 11 is 5.95. The Labute approximate surface area is 103 Å². The van der Waals surface area contributed by atoms with Gasteiger partial charge in [-0.3, -0.25) is 4.57 Å². The number of nitrogens with one attached hydrogen (secondary N) is 1. The fraction of sp³-hybridized carbons (Fsp3) is 0.545. The number of aromatic nitrogens is 4. The van der Waals surface area contributed by atoms with Gasteiger partial charge in [0.1, 0.15) is 11.8 Å². The molecular weight excluding hydrogens is 240 g/mol. The minimum absolute atomic E-state index is 0.130. The van der Waals surface area contributed by atoms with E-state index >= 15 is 0 Å². The van der Waals surface area contributed by atoms with Gasteiger partial charge < -0.3 is 4.98 Å². The first-order valence-electron chi connectivity index (χ1n) is 5.88. The lowest BCUT2D eigenvalue weighted by Gasteiger charge is -2.22. The highest BCUT2D eigenvalue weighted by molar-refractivity contribution is 6.33. The van der Waals surface area contributed by atoms with Crippen LogP contribution in [-0.4, -0.2) is 19.5 Å². The molecule has 1 aliphatic carbocycles. The zero-order valence-electron chi connectivity index (χ0n) is 9.32. The normalized spacial score (nSPS) is 17.7. The molecule has 1 fully saturated rings. The van der Waals surface area contributed by atoms with E-state index in [1.807, 2.05) is 0 Å². The van der Waals surface area contributed by atoms with Gasteiger partial charge in [0, 0.05) is 6.04 Å². The maximum Gasteiger partial charge on any atom is 0.328 e. The molecule has 90 valence electrons. The van der Waals surface area contributed by atoms with E-state index in [-0.39, 0.29) is 11.7 Å². The third-order valence-corrected chi connectivity index (χ3v) is 3.69. The number of H-pyrrole nitrogens is 1. The highest BCUT2D eigenvalue weighted by Crippen LogP contribution is 2.29. The quantitative estimate of drug-likeness (QED) is 0.792. The molecule has 2 aromatic heterocycles. The molecule has 0 spiro atoms. The van der Waals surface area contributed by atoms with Crippen LogP contribution in [0.4, 0.5) is 0 Å². The number of nitrogens with zero attached hydrogens (tertiary/aromatic N) is 3. The maximum absolute atomic E-state index is 12.0. The monoisotopic (exact) mass is 252 g/mol. The van der Waals surface area contributed by atoms with Gasteiger partial charge in [-0.1, -0.05) is 30.9 Å². The molecule has 3 rings (SSSR count). The summed E-state index contributed by atoms with van der Waals surface area (Å²) in [4.78, 5) is 22.8. The van der Waals surface area contributed by atoms with Gasteiger partial charge in [-0.2, -0.15) is 0 Å². The first kappa shape index (κ1) is 10.8.